The third-order valence-electron chi connectivity index (χ3n) is 5.94. The zero-order valence-corrected chi connectivity index (χ0v) is 20.6. The Morgan fingerprint density at radius 2 is 1.88 bits per heavy atom. The molecule has 0 radical (unpaired) electrons. The second kappa shape index (κ2) is 12.0. The van der Waals surface area contributed by atoms with Gasteiger partial charge in [0.2, 0.25) is 0 Å². The normalized spacial score (nSPS) is 11.9. The first-order chi connectivity index (χ1) is 16.4. The number of nitrogens with one attached hydrogen (secondary N) is 1. The minimum atomic E-state index is -0.104. The quantitative estimate of drug-likeness (QED) is 0.369. The molecule has 1 N–H and O–H groups in total. The van der Waals surface area contributed by atoms with Crippen LogP contribution in [-0.2, 0) is 6.42 Å². The highest BCUT2D eigenvalue weighted by Gasteiger charge is 2.11. The van der Waals surface area contributed by atoms with E-state index >= 15 is 0 Å². The molecule has 0 aliphatic carbocycles. The molecule has 1 unspecified atom stereocenters. The number of methoxy groups -OCH3 is 1. The van der Waals surface area contributed by atoms with Crippen molar-refractivity contribution in [2.24, 2.45) is 5.92 Å². The predicted molar refractivity (Wildman–Crippen MR) is 142 cm³/mol. The van der Waals surface area contributed by atoms with Crippen molar-refractivity contribution in [1.82, 2.24) is 10.3 Å². The van der Waals surface area contributed by atoms with Gasteiger partial charge in [0, 0.05) is 29.8 Å². The molecule has 0 aliphatic rings. The Balaban J connectivity index is 1.67. The molecule has 4 heteroatoms. The summed E-state index contributed by atoms with van der Waals surface area (Å²) in [4.78, 5) is 17.5. The molecular formula is C30H34N2O2. The summed E-state index contributed by atoms with van der Waals surface area (Å²) in [5, 5.41) is 3.01. The Morgan fingerprint density at radius 3 is 2.56 bits per heavy atom. The third kappa shape index (κ3) is 6.44. The van der Waals surface area contributed by atoms with E-state index in [1.807, 2.05) is 42.5 Å². The average Bonchev–Trinajstić information content (AvgIpc) is 2.87. The van der Waals surface area contributed by atoms with E-state index < -0.39 is 0 Å². The number of rotatable bonds is 10. The van der Waals surface area contributed by atoms with Gasteiger partial charge >= 0.3 is 0 Å². The summed E-state index contributed by atoms with van der Waals surface area (Å²) in [5.74, 6) is 1.14. The molecule has 176 valence electrons. The largest absolute Gasteiger partial charge is 0.494 e. The second-order valence-electron chi connectivity index (χ2n) is 8.52. The number of pyridine rings is 1. The minimum absolute atomic E-state index is 0.104. The van der Waals surface area contributed by atoms with Crippen molar-refractivity contribution in [1.29, 1.82) is 0 Å². The lowest BCUT2D eigenvalue weighted by molar-refractivity contribution is 0.0954. The van der Waals surface area contributed by atoms with Gasteiger partial charge in [0.05, 0.1) is 7.11 Å². The van der Waals surface area contributed by atoms with E-state index in [4.69, 9.17) is 9.72 Å². The lowest BCUT2D eigenvalue weighted by Crippen LogP contribution is -2.26. The van der Waals surface area contributed by atoms with Gasteiger partial charge in [-0.3, -0.25) is 4.79 Å². The van der Waals surface area contributed by atoms with Crippen LogP contribution in [-0.4, -0.2) is 24.5 Å². The van der Waals surface area contributed by atoms with E-state index in [1.54, 1.807) is 13.2 Å². The number of hydrogen-bond donors (Lipinski definition) is 1. The lowest BCUT2D eigenvalue weighted by Gasteiger charge is -2.11. The van der Waals surface area contributed by atoms with Gasteiger partial charge in [-0.15, -0.1) is 0 Å². The van der Waals surface area contributed by atoms with Crippen molar-refractivity contribution < 1.29 is 9.53 Å². The molecule has 0 aliphatic heterocycles. The first kappa shape index (κ1) is 25.0. The smallest absolute Gasteiger partial charge is 0.251 e. The molecule has 1 heterocycles. The molecule has 0 fully saturated rings. The number of carbonyl (C=O) groups excluding carboxylic acids is 1. The maximum absolute atomic E-state index is 12.7. The van der Waals surface area contributed by atoms with Crippen LogP contribution in [0.5, 0.6) is 5.75 Å². The summed E-state index contributed by atoms with van der Waals surface area (Å²) in [6.07, 6.45) is 7.80. The number of amides is 1. The number of nitrogens with zero attached hydrogens (tertiary/aromatic N) is 1. The fourth-order valence-electron chi connectivity index (χ4n) is 3.56. The van der Waals surface area contributed by atoms with Gasteiger partial charge in [-0.05, 0) is 48.2 Å². The van der Waals surface area contributed by atoms with Crippen LogP contribution in [0.25, 0.3) is 23.4 Å². The molecule has 0 saturated carbocycles. The summed E-state index contributed by atoms with van der Waals surface area (Å²) >= 11 is 0. The van der Waals surface area contributed by atoms with E-state index in [-0.39, 0.29) is 5.91 Å². The maximum atomic E-state index is 12.7. The van der Waals surface area contributed by atoms with Crippen LogP contribution in [0.15, 0.2) is 67.3 Å². The summed E-state index contributed by atoms with van der Waals surface area (Å²) in [7, 11) is 1.65. The molecule has 0 saturated heterocycles. The highest BCUT2D eigenvalue weighted by Crippen LogP contribution is 2.28. The molecule has 4 nitrogen and oxygen atoms in total. The maximum Gasteiger partial charge on any atom is 0.251 e. The Kier molecular flexibility index (Phi) is 8.80. The van der Waals surface area contributed by atoms with Crippen LogP contribution in [0, 0.1) is 12.8 Å². The monoisotopic (exact) mass is 454 g/mol. The number of aryl methyl sites for hydroxylation is 1. The first-order valence-electron chi connectivity index (χ1n) is 11.8. The van der Waals surface area contributed by atoms with Crippen LogP contribution in [0.4, 0.5) is 0 Å². The number of benzene rings is 2. The van der Waals surface area contributed by atoms with Crippen molar-refractivity contribution in [3.8, 4) is 17.0 Å². The number of ether oxygens (including phenoxy) is 1. The molecular weight excluding hydrogens is 420 g/mol. The van der Waals surface area contributed by atoms with Crippen LogP contribution >= 0.6 is 0 Å². The molecule has 1 atom stereocenters. The zero-order valence-electron chi connectivity index (χ0n) is 20.6. The molecule has 1 amide bonds. The highest BCUT2D eigenvalue weighted by molar-refractivity contribution is 5.95. The SMILES string of the molecule is C=Cc1cc(C(=O)NCCc2ccc(OC)c(-c3ccc(C)cc3)n2)ccc1/C=C\C(C)CC. The van der Waals surface area contributed by atoms with Gasteiger partial charge in [0.15, 0.2) is 0 Å². The van der Waals surface area contributed by atoms with Crippen molar-refractivity contribution in [2.75, 3.05) is 13.7 Å². The van der Waals surface area contributed by atoms with E-state index in [1.165, 1.54) is 5.56 Å². The molecule has 34 heavy (non-hydrogen) atoms. The second-order valence-corrected chi connectivity index (χ2v) is 8.52. The topological polar surface area (TPSA) is 51.2 Å². The molecule has 1 aromatic heterocycles. The summed E-state index contributed by atoms with van der Waals surface area (Å²) < 4.78 is 5.51. The van der Waals surface area contributed by atoms with E-state index in [2.05, 4.69) is 57.0 Å². The summed E-state index contributed by atoms with van der Waals surface area (Å²) in [6.45, 7) is 10.8. The van der Waals surface area contributed by atoms with Gasteiger partial charge in [-0.1, -0.05) is 81.0 Å². The molecule has 3 rings (SSSR count). The molecule has 0 spiro atoms. The fourth-order valence-corrected chi connectivity index (χ4v) is 3.56. The number of carbonyl (C=O) groups is 1. The Bertz CT molecular complexity index is 1160. The standard InChI is InChI=1S/C30H34N2O2/c1-6-21(3)8-11-24-14-15-26(20-23(24)7-2)30(33)31-19-18-27-16-17-28(34-5)29(32-27)25-12-9-22(4)10-13-25/h7-17,20-21H,2,6,18-19H2,1,3-5H3,(H,31,33)/b11-8-. The zero-order chi connectivity index (χ0) is 24.5. The van der Waals surface area contributed by atoms with Crippen molar-refractivity contribution in [3.05, 3.63) is 95.2 Å². The van der Waals surface area contributed by atoms with Crippen LogP contribution in [0.1, 0.15) is 53.0 Å². The van der Waals surface area contributed by atoms with Gasteiger partial charge in [-0.2, -0.15) is 0 Å². The predicted octanol–water partition coefficient (Wildman–Crippen LogP) is 6.74. The minimum Gasteiger partial charge on any atom is -0.494 e. The Morgan fingerprint density at radius 1 is 1.12 bits per heavy atom. The number of allylic oxidation sites excluding steroid dienone is 1. The van der Waals surface area contributed by atoms with Crippen molar-refractivity contribution in [3.63, 3.8) is 0 Å². The molecule has 3 aromatic rings. The van der Waals surface area contributed by atoms with Crippen molar-refractivity contribution in [2.45, 2.75) is 33.6 Å². The number of aromatic nitrogens is 1. The van der Waals surface area contributed by atoms with Gasteiger partial charge in [0.25, 0.3) is 5.91 Å². The van der Waals surface area contributed by atoms with Gasteiger partial charge in [-0.25, -0.2) is 4.98 Å². The fraction of sp³-hybridized carbons (Fsp3) is 0.267. The third-order valence-corrected chi connectivity index (χ3v) is 5.94. The Hall–Kier alpha value is -3.66. The highest BCUT2D eigenvalue weighted by atomic mass is 16.5. The van der Waals surface area contributed by atoms with Crippen LogP contribution in [0.2, 0.25) is 0 Å². The first-order valence-corrected chi connectivity index (χ1v) is 11.8. The average molecular weight is 455 g/mol. The van der Waals surface area contributed by atoms with E-state index in [0.29, 0.717) is 24.4 Å². The van der Waals surface area contributed by atoms with Crippen LogP contribution < -0.4 is 10.1 Å². The van der Waals surface area contributed by atoms with E-state index in [9.17, 15) is 4.79 Å². The van der Waals surface area contributed by atoms with Gasteiger partial charge in [0.1, 0.15) is 11.4 Å². The van der Waals surface area contributed by atoms with E-state index in [0.717, 1.165) is 40.2 Å². The van der Waals surface area contributed by atoms with Crippen LogP contribution in [0.3, 0.4) is 0 Å². The van der Waals surface area contributed by atoms with Gasteiger partial charge < -0.3 is 10.1 Å². The lowest BCUT2D eigenvalue weighted by atomic mass is 10.0. The summed E-state index contributed by atoms with van der Waals surface area (Å²) in [5.41, 5.74) is 6.55. The van der Waals surface area contributed by atoms with Crippen molar-refractivity contribution >= 4 is 18.1 Å². The molecule has 0 bridgehead atoms. The molecule has 2 aromatic carbocycles. The Labute approximate surface area is 203 Å². The summed E-state index contributed by atoms with van der Waals surface area (Å²) in [6, 6.07) is 17.8. The number of hydrogen-bond acceptors (Lipinski definition) is 3.